The monoisotopic (exact) mass is 437 g/mol. The SMILES string of the molecule is Cn1nc(C(=O)CC2CCN(C3CCCCC3)CC2)c2ccc(N3CCCCCC3)nc21. The van der Waals surface area contributed by atoms with Crippen LogP contribution in [-0.4, -0.2) is 57.7 Å². The number of rotatable bonds is 5. The summed E-state index contributed by atoms with van der Waals surface area (Å²) in [4.78, 5) is 23.2. The average Bonchev–Trinajstić information content (AvgIpc) is 2.99. The average molecular weight is 438 g/mol. The maximum Gasteiger partial charge on any atom is 0.184 e. The van der Waals surface area contributed by atoms with Gasteiger partial charge in [-0.2, -0.15) is 5.10 Å². The molecule has 0 atom stereocenters. The number of likely N-dealkylation sites (tertiary alicyclic amines) is 1. The van der Waals surface area contributed by atoms with Crippen LogP contribution in [-0.2, 0) is 7.05 Å². The number of fused-ring (bicyclic) bond motifs is 1. The van der Waals surface area contributed by atoms with Crippen molar-refractivity contribution in [2.75, 3.05) is 31.1 Å². The summed E-state index contributed by atoms with van der Waals surface area (Å²) in [6.07, 6.45) is 14.9. The molecule has 6 heteroatoms. The lowest BCUT2D eigenvalue weighted by Crippen LogP contribution is -2.42. The quantitative estimate of drug-likeness (QED) is 0.619. The van der Waals surface area contributed by atoms with Gasteiger partial charge in [0.05, 0.1) is 5.39 Å². The molecule has 0 N–H and O–H groups in total. The molecule has 2 aromatic heterocycles. The Bertz CT molecular complexity index is 916. The molecule has 4 heterocycles. The third kappa shape index (κ3) is 4.70. The van der Waals surface area contributed by atoms with Crippen LogP contribution in [0.15, 0.2) is 12.1 Å². The molecule has 1 saturated carbocycles. The third-order valence-electron chi connectivity index (χ3n) is 8.08. The minimum absolute atomic E-state index is 0.191. The van der Waals surface area contributed by atoms with Crippen molar-refractivity contribution < 1.29 is 4.79 Å². The fraction of sp³-hybridized carbons (Fsp3) is 0.731. The summed E-state index contributed by atoms with van der Waals surface area (Å²) < 4.78 is 1.80. The van der Waals surface area contributed by atoms with Crippen LogP contribution >= 0.6 is 0 Å². The summed E-state index contributed by atoms with van der Waals surface area (Å²) in [5.74, 6) is 1.70. The Morgan fingerprint density at radius 1 is 0.906 bits per heavy atom. The van der Waals surface area contributed by atoms with E-state index in [9.17, 15) is 4.79 Å². The molecule has 0 amide bonds. The lowest BCUT2D eigenvalue weighted by atomic mass is 9.87. The molecule has 0 unspecified atom stereocenters. The molecular weight excluding hydrogens is 398 g/mol. The van der Waals surface area contributed by atoms with E-state index in [1.807, 2.05) is 7.05 Å². The van der Waals surface area contributed by atoms with E-state index in [4.69, 9.17) is 4.98 Å². The van der Waals surface area contributed by atoms with Gasteiger partial charge < -0.3 is 9.80 Å². The lowest BCUT2D eigenvalue weighted by Gasteiger charge is -2.39. The van der Waals surface area contributed by atoms with Crippen molar-refractivity contribution in [2.24, 2.45) is 13.0 Å². The Labute approximate surface area is 192 Å². The van der Waals surface area contributed by atoms with Crippen LogP contribution in [0.25, 0.3) is 11.0 Å². The summed E-state index contributed by atoms with van der Waals surface area (Å²) in [7, 11) is 1.92. The molecule has 0 aromatic carbocycles. The zero-order chi connectivity index (χ0) is 21.9. The van der Waals surface area contributed by atoms with Crippen molar-refractivity contribution in [3.8, 4) is 0 Å². The standard InChI is InChI=1S/C26H39N5O/c1-29-26-22(11-12-24(27-26)31-15-7-2-3-8-16-31)25(28-29)23(32)19-20-13-17-30(18-14-20)21-9-5-4-6-10-21/h11-12,20-21H,2-10,13-19H2,1H3. The molecule has 1 aliphatic carbocycles. The zero-order valence-electron chi connectivity index (χ0n) is 19.8. The third-order valence-corrected chi connectivity index (χ3v) is 8.08. The van der Waals surface area contributed by atoms with Gasteiger partial charge in [-0.25, -0.2) is 9.67 Å². The molecule has 0 bridgehead atoms. The first kappa shape index (κ1) is 21.9. The van der Waals surface area contributed by atoms with Gasteiger partial charge in [-0.3, -0.25) is 4.79 Å². The number of hydrogen-bond acceptors (Lipinski definition) is 5. The number of aryl methyl sites for hydroxylation is 1. The van der Waals surface area contributed by atoms with Gasteiger partial charge >= 0.3 is 0 Å². The predicted octanol–water partition coefficient (Wildman–Crippen LogP) is 4.97. The summed E-state index contributed by atoms with van der Waals surface area (Å²) in [6.45, 7) is 4.46. The molecule has 6 nitrogen and oxygen atoms in total. The van der Waals surface area contributed by atoms with Crippen molar-refractivity contribution in [3.05, 3.63) is 17.8 Å². The number of piperidine rings is 1. The largest absolute Gasteiger partial charge is 0.357 e. The van der Waals surface area contributed by atoms with Gasteiger partial charge in [-0.05, 0) is 69.7 Å². The molecule has 0 radical (unpaired) electrons. The first-order chi connectivity index (χ1) is 15.7. The van der Waals surface area contributed by atoms with Crippen LogP contribution in [0.3, 0.4) is 0 Å². The molecule has 2 aliphatic heterocycles. The number of pyridine rings is 1. The molecule has 2 aromatic rings. The van der Waals surface area contributed by atoms with E-state index in [1.165, 1.54) is 57.8 Å². The van der Waals surface area contributed by atoms with Crippen molar-refractivity contribution in [3.63, 3.8) is 0 Å². The second-order valence-corrected chi connectivity index (χ2v) is 10.3. The van der Waals surface area contributed by atoms with Gasteiger partial charge in [-0.1, -0.05) is 32.1 Å². The van der Waals surface area contributed by atoms with Crippen LogP contribution in [0.5, 0.6) is 0 Å². The van der Waals surface area contributed by atoms with E-state index >= 15 is 0 Å². The second-order valence-electron chi connectivity index (χ2n) is 10.3. The Hall–Kier alpha value is -1.95. The van der Waals surface area contributed by atoms with Crippen molar-refractivity contribution in [1.82, 2.24) is 19.7 Å². The Kier molecular flexibility index (Phi) is 6.77. The number of carbonyl (C=O) groups excluding carboxylic acids is 1. The van der Waals surface area contributed by atoms with Crippen LogP contribution in [0.4, 0.5) is 5.82 Å². The van der Waals surface area contributed by atoms with E-state index in [0.717, 1.165) is 61.9 Å². The lowest BCUT2D eigenvalue weighted by molar-refractivity contribution is 0.0850. The van der Waals surface area contributed by atoms with E-state index in [1.54, 1.807) is 4.68 Å². The summed E-state index contributed by atoms with van der Waals surface area (Å²) in [6, 6.07) is 4.97. The first-order valence-corrected chi connectivity index (χ1v) is 13.0. The first-order valence-electron chi connectivity index (χ1n) is 13.0. The van der Waals surface area contributed by atoms with Gasteiger partial charge in [0, 0.05) is 32.6 Å². The highest BCUT2D eigenvalue weighted by Gasteiger charge is 2.28. The van der Waals surface area contributed by atoms with Crippen molar-refractivity contribution in [1.29, 1.82) is 0 Å². The zero-order valence-corrected chi connectivity index (χ0v) is 19.8. The maximum absolute atomic E-state index is 13.2. The fourth-order valence-electron chi connectivity index (χ4n) is 6.13. The second kappa shape index (κ2) is 9.90. The highest BCUT2D eigenvalue weighted by atomic mass is 16.1. The molecule has 2 saturated heterocycles. The van der Waals surface area contributed by atoms with Crippen molar-refractivity contribution in [2.45, 2.75) is 83.1 Å². The Balaban J connectivity index is 1.24. The summed E-state index contributed by atoms with van der Waals surface area (Å²) >= 11 is 0. The number of carbonyl (C=O) groups is 1. The molecule has 3 aliphatic rings. The maximum atomic E-state index is 13.2. The van der Waals surface area contributed by atoms with E-state index in [0.29, 0.717) is 18.0 Å². The number of ketones is 1. The smallest absolute Gasteiger partial charge is 0.184 e. The molecule has 3 fully saturated rings. The fourth-order valence-corrected chi connectivity index (χ4v) is 6.13. The van der Waals surface area contributed by atoms with Gasteiger partial charge in [0.25, 0.3) is 0 Å². The number of aromatic nitrogens is 3. The van der Waals surface area contributed by atoms with E-state index < -0.39 is 0 Å². The van der Waals surface area contributed by atoms with Crippen LogP contribution < -0.4 is 4.90 Å². The summed E-state index contributed by atoms with van der Waals surface area (Å²) in [5.41, 5.74) is 1.45. The van der Waals surface area contributed by atoms with E-state index in [2.05, 4.69) is 27.0 Å². The summed E-state index contributed by atoms with van der Waals surface area (Å²) in [5, 5.41) is 5.54. The number of nitrogens with zero attached hydrogens (tertiary/aromatic N) is 5. The number of anilines is 1. The van der Waals surface area contributed by atoms with Gasteiger partial charge in [-0.15, -0.1) is 0 Å². The van der Waals surface area contributed by atoms with Gasteiger partial charge in [0.1, 0.15) is 11.5 Å². The van der Waals surface area contributed by atoms with Crippen LogP contribution in [0, 0.1) is 5.92 Å². The topological polar surface area (TPSA) is 54.3 Å². The highest BCUT2D eigenvalue weighted by Crippen LogP contribution is 2.30. The van der Waals surface area contributed by atoms with Gasteiger partial charge in [0.15, 0.2) is 11.4 Å². The Morgan fingerprint density at radius 2 is 1.59 bits per heavy atom. The molecule has 0 spiro atoms. The molecule has 32 heavy (non-hydrogen) atoms. The van der Waals surface area contributed by atoms with E-state index in [-0.39, 0.29) is 5.78 Å². The predicted molar refractivity (Wildman–Crippen MR) is 129 cm³/mol. The van der Waals surface area contributed by atoms with Crippen molar-refractivity contribution >= 4 is 22.6 Å². The minimum atomic E-state index is 0.191. The van der Waals surface area contributed by atoms with Crippen LogP contribution in [0.2, 0.25) is 0 Å². The normalized spacial score (nSPS) is 22.3. The Morgan fingerprint density at radius 3 is 2.31 bits per heavy atom. The highest BCUT2D eigenvalue weighted by molar-refractivity contribution is 6.05. The molecule has 5 rings (SSSR count). The number of hydrogen-bond donors (Lipinski definition) is 0. The number of Topliss-reactive ketones (excluding diaryl/α,β-unsaturated/α-hetero) is 1. The van der Waals surface area contributed by atoms with Gasteiger partial charge in [0.2, 0.25) is 0 Å². The molecule has 174 valence electrons. The minimum Gasteiger partial charge on any atom is -0.357 e. The van der Waals surface area contributed by atoms with Crippen LogP contribution in [0.1, 0.15) is 87.5 Å². The molecular formula is C26H39N5O.